The highest BCUT2D eigenvalue weighted by Crippen LogP contribution is 2.39. The van der Waals surface area contributed by atoms with Gasteiger partial charge in [-0.3, -0.25) is 0 Å². The van der Waals surface area contributed by atoms with Crippen LogP contribution in [0.15, 0.2) is 22.7 Å². The van der Waals surface area contributed by atoms with Gasteiger partial charge in [0, 0.05) is 10.0 Å². The summed E-state index contributed by atoms with van der Waals surface area (Å²) in [5, 5.41) is 9.98. The summed E-state index contributed by atoms with van der Waals surface area (Å²) >= 11 is 3.37. The second-order valence-corrected chi connectivity index (χ2v) is 5.27. The third-order valence-corrected chi connectivity index (χ3v) is 3.25. The molecule has 2 atom stereocenters. The lowest BCUT2D eigenvalue weighted by atomic mass is 9.87. The maximum absolute atomic E-state index is 9.98. The number of rotatable bonds is 0. The number of aliphatic hydroxyl groups is 1. The summed E-state index contributed by atoms with van der Waals surface area (Å²) in [7, 11) is 0. The van der Waals surface area contributed by atoms with Crippen molar-refractivity contribution in [3.05, 3.63) is 28.2 Å². The SMILES string of the molecule is CC1(C)Oc2ccc(Br)cc2[C@@H](N)[C@@H]1O. The zero-order valence-corrected chi connectivity index (χ0v) is 10.3. The predicted molar refractivity (Wildman–Crippen MR) is 61.8 cm³/mol. The molecule has 15 heavy (non-hydrogen) atoms. The van der Waals surface area contributed by atoms with Crippen LogP contribution in [0.1, 0.15) is 25.5 Å². The van der Waals surface area contributed by atoms with Gasteiger partial charge in [-0.1, -0.05) is 15.9 Å². The van der Waals surface area contributed by atoms with Gasteiger partial charge >= 0.3 is 0 Å². The monoisotopic (exact) mass is 271 g/mol. The lowest BCUT2D eigenvalue weighted by molar-refractivity contribution is -0.0572. The largest absolute Gasteiger partial charge is 0.485 e. The fourth-order valence-corrected chi connectivity index (χ4v) is 2.20. The number of benzene rings is 1. The lowest BCUT2D eigenvalue weighted by Gasteiger charge is -2.40. The van der Waals surface area contributed by atoms with Crippen LogP contribution in [-0.2, 0) is 0 Å². The molecular formula is C11H14BrNO2. The van der Waals surface area contributed by atoms with Crippen LogP contribution in [0, 0.1) is 0 Å². The first-order valence-electron chi connectivity index (χ1n) is 4.84. The maximum atomic E-state index is 9.98. The van der Waals surface area contributed by atoms with Crippen LogP contribution >= 0.6 is 15.9 Å². The summed E-state index contributed by atoms with van der Waals surface area (Å²) in [6.07, 6.45) is -0.695. The molecule has 1 heterocycles. The number of halogens is 1. The van der Waals surface area contributed by atoms with Crippen molar-refractivity contribution in [1.82, 2.24) is 0 Å². The van der Waals surface area contributed by atoms with E-state index in [-0.39, 0.29) is 0 Å². The molecule has 2 rings (SSSR count). The lowest BCUT2D eigenvalue weighted by Crippen LogP contribution is -2.51. The van der Waals surface area contributed by atoms with Gasteiger partial charge in [0.1, 0.15) is 17.5 Å². The second-order valence-electron chi connectivity index (χ2n) is 4.36. The highest BCUT2D eigenvalue weighted by atomic mass is 79.9. The van der Waals surface area contributed by atoms with Crippen molar-refractivity contribution in [2.24, 2.45) is 5.73 Å². The molecule has 82 valence electrons. The molecule has 0 aromatic heterocycles. The Morgan fingerprint density at radius 1 is 1.47 bits per heavy atom. The molecule has 0 saturated heterocycles. The number of aliphatic hydroxyl groups excluding tert-OH is 1. The van der Waals surface area contributed by atoms with Gasteiger partial charge in [0.25, 0.3) is 0 Å². The molecule has 3 N–H and O–H groups in total. The topological polar surface area (TPSA) is 55.5 Å². The smallest absolute Gasteiger partial charge is 0.131 e. The van der Waals surface area contributed by atoms with E-state index in [9.17, 15) is 5.11 Å². The molecule has 0 unspecified atom stereocenters. The van der Waals surface area contributed by atoms with E-state index in [4.69, 9.17) is 10.5 Å². The van der Waals surface area contributed by atoms with E-state index < -0.39 is 17.7 Å². The first kappa shape index (κ1) is 10.9. The molecule has 1 aliphatic heterocycles. The van der Waals surface area contributed by atoms with Crippen LogP contribution in [0.2, 0.25) is 0 Å². The molecule has 1 aromatic carbocycles. The fraction of sp³-hybridized carbons (Fsp3) is 0.455. The van der Waals surface area contributed by atoms with E-state index in [1.807, 2.05) is 32.0 Å². The van der Waals surface area contributed by atoms with Gasteiger partial charge in [0.05, 0.1) is 6.04 Å². The van der Waals surface area contributed by atoms with Gasteiger partial charge in [-0.25, -0.2) is 0 Å². The molecule has 0 bridgehead atoms. The molecule has 0 radical (unpaired) electrons. The van der Waals surface area contributed by atoms with Crippen LogP contribution in [0.4, 0.5) is 0 Å². The van der Waals surface area contributed by atoms with Crippen LogP contribution in [0.5, 0.6) is 5.75 Å². The van der Waals surface area contributed by atoms with Crippen molar-refractivity contribution in [3.8, 4) is 5.75 Å². The Balaban J connectivity index is 2.50. The predicted octanol–water partition coefficient (Wildman–Crippen LogP) is 1.98. The number of nitrogens with two attached hydrogens (primary N) is 1. The summed E-state index contributed by atoms with van der Waals surface area (Å²) in [5.74, 6) is 0.751. The zero-order valence-electron chi connectivity index (χ0n) is 8.70. The molecule has 1 aliphatic rings. The van der Waals surface area contributed by atoms with E-state index >= 15 is 0 Å². The van der Waals surface area contributed by atoms with E-state index in [1.165, 1.54) is 0 Å². The van der Waals surface area contributed by atoms with Crippen LogP contribution < -0.4 is 10.5 Å². The van der Waals surface area contributed by atoms with E-state index in [0.717, 1.165) is 15.8 Å². The minimum atomic E-state index is -0.695. The van der Waals surface area contributed by atoms with Gasteiger partial charge in [0.2, 0.25) is 0 Å². The van der Waals surface area contributed by atoms with Crippen molar-refractivity contribution in [2.75, 3.05) is 0 Å². The highest BCUT2D eigenvalue weighted by Gasteiger charge is 2.41. The number of fused-ring (bicyclic) bond motifs is 1. The van der Waals surface area contributed by atoms with E-state index in [2.05, 4.69) is 15.9 Å². The molecule has 0 aliphatic carbocycles. The fourth-order valence-electron chi connectivity index (χ4n) is 1.82. The Morgan fingerprint density at radius 3 is 2.80 bits per heavy atom. The van der Waals surface area contributed by atoms with E-state index in [1.54, 1.807) is 0 Å². The minimum Gasteiger partial charge on any atom is -0.485 e. The number of hydrogen-bond acceptors (Lipinski definition) is 3. The summed E-state index contributed by atoms with van der Waals surface area (Å²) in [5.41, 5.74) is 6.19. The average Bonchev–Trinajstić information content (AvgIpc) is 2.16. The zero-order chi connectivity index (χ0) is 11.2. The second kappa shape index (κ2) is 3.47. The first-order chi connectivity index (χ1) is 6.92. The number of ether oxygens (including phenoxy) is 1. The van der Waals surface area contributed by atoms with Gasteiger partial charge < -0.3 is 15.6 Å². The summed E-state index contributed by atoms with van der Waals surface area (Å²) in [6, 6.07) is 5.26. The Bertz CT molecular complexity index is 392. The average molecular weight is 272 g/mol. The Hall–Kier alpha value is -0.580. The summed E-state index contributed by atoms with van der Waals surface area (Å²) in [4.78, 5) is 0. The van der Waals surface area contributed by atoms with Crippen molar-refractivity contribution in [1.29, 1.82) is 0 Å². The number of hydrogen-bond donors (Lipinski definition) is 2. The quantitative estimate of drug-likeness (QED) is 0.759. The van der Waals surface area contributed by atoms with Crippen molar-refractivity contribution >= 4 is 15.9 Å². The normalized spacial score (nSPS) is 28.1. The molecule has 0 spiro atoms. The third kappa shape index (κ3) is 1.77. The van der Waals surface area contributed by atoms with Gasteiger partial charge in [-0.2, -0.15) is 0 Å². The molecule has 0 amide bonds. The maximum Gasteiger partial charge on any atom is 0.131 e. The highest BCUT2D eigenvalue weighted by molar-refractivity contribution is 9.10. The van der Waals surface area contributed by atoms with Gasteiger partial charge in [-0.05, 0) is 32.0 Å². The van der Waals surface area contributed by atoms with Crippen molar-refractivity contribution in [2.45, 2.75) is 31.6 Å². The summed E-state index contributed by atoms with van der Waals surface area (Å²) in [6.45, 7) is 3.67. The molecule has 3 nitrogen and oxygen atoms in total. The van der Waals surface area contributed by atoms with Crippen LogP contribution in [0.25, 0.3) is 0 Å². The standard InChI is InChI=1S/C11H14BrNO2/c1-11(2)10(14)9(13)7-5-6(12)3-4-8(7)15-11/h3-5,9-10,14H,13H2,1-2H3/t9-,10+/m1/s1. The molecule has 0 fully saturated rings. The van der Waals surface area contributed by atoms with Crippen LogP contribution in [0.3, 0.4) is 0 Å². The van der Waals surface area contributed by atoms with Gasteiger partial charge in [-0.15, -0.1) is 0 Å². The van der Waals surface area contributed by atoms with E-state index in [0.29, 0.717) is 0 Å². The van der Waals surface area contributed by atoms with Crippen LogP contribution in [-0.4, -0.2) is 16.8 Å². The summed E-state index contributed by atoms with van der Waals surface area (Å²) < 4.78 is 6.64. The first-order valence-corrected chi connectivity index (χ1v) is 5.63. The molecule has 0 saturated carbocycles. The third-order valence-electron chi connectivity index (χ3n) is 2.76. The minimum absolute atomic E-state index is 0.402. The molecule has 4 heteroatoms. The van der Waals surface area contributed by atoms with Gasteiger partial charge in [0.15, 0.2) is 0 Å². The molecular weight excluding hydrogens is 258 g/mol. The Morgan fingerprint density at radius 2 is 2.13 bits per heavy atom. The Labute approximate surface area is 97.4 Å². The Kier molecular flexibility index (Phi) is 2.53. The molecule has 1 aromatic rings. The van der Waals surface area contributed by atoms with Crippen molar-refractivity contribution < 1.29 is 9.84 Å². The van der Waals surface area contributed by atoms with Crippen molar-refractivity contribution in [3.63, 3.8) is 0 Å².